The van der Waals surface area contributed by atoms with E-state index in [9.17, 15) is 29.4 Å². The number of phenolic OH excluding ortho intramolecular Hbond substituents is 1. The molecule has 0 aliphatic heterocycles. The molecule has 0 aliphatic rings. The molecule has 0 saturated heterocycles. The lowest BCUT2D eigenvalue weighted by Crippen LogP contribution is -2.59. The number of aromatic hydroxyl groups is 1. The van der Waals surface area contributed by atoms with Gasteiger partial charge in [-0.2, -0.15) is 0 Å². The van der Waals surface area contributed by atoms with Crippen LogP contribution in [0.1, 0.15) is 53.5 Å². The van der Waals surface area contributed by atoms with E-state index in [4.69, 9.17) is 5.73 Å². The van der Waals surface area contributed by atoms with Crippen LogP contribution in [0.25, 0.3) is 0 Å². The smallest absolute Gasteiger partial charge is 0.326 e. The summed E-state index contributed by atoms with van der Waals surface area (Å²) >= 11 is 0. The summed E-state index contributed by atoms with van der Waals surface area (Å²) in [7, 11) is 0. The maximum absolute atomic E-state index is 13.0. The number of carboxylic acid groups (broad SMARTS) is 1. The van der Waals surface area contributed by atoms with Gasteiger partial charge < -0.3 is 31.9 Å². The minimum absolute atomic E-state index is 0.00146. The van der Waals surface area contributed by atoms with Crippen LogP contribution in [-0.4, -0.2) is 58.1 Å². The largest absolute Gasteiger partial charge is 0.508 e. The number of phenols is 1. The number of benzene rings is 1. The number of aliphatic carboxylic acids is 1. The van der Waals surface area contributed by atoms with Gasteiger partial charge in [0.2, 0.25) is 17.7 Å². The van der Waals surface area contributed by atoms with Crippen LogP contribution in [0.2, 0.25) is 0 Å². The van der Waals surface area contributed by atoms with Crippen molar-refractivity contribution >= 4 is 23.7 Å². The first-order valence-corrected chi connectivity index (χ1v) is 11.9. The second-order valence-corrected chi connectivity index (χ2v) is 9.97. The molecule has 10 nitrogen and oxygen atoms in total. The summed E-state index contributed by atoms with van der Waals surface area (Å²) in [6.45, 7) is 10.9. The van der Waals surface area contributed by atoms with Gasteiger partial charge >= 0.3 is 5.97 Å². The third kappa shape index (κ3) is 9.94. The van der Waals surface area contributed by atoms with Gasteiger partial charge in [0, 0.05) is 6.42 Å². The molecule has 1 rings (SSSR count). The minimum atomic E-state index is -1.24. The molecule has 0 bridgehead atoms. The van der Waals surface area contributed by atoms with E-state index in [1.54, 1.807) is 39.8 Å². The third-order valence-corrected chi connectivity index (χ3v) is 5.55. The van der Waals surface area contributed by atoms with Crippen LogP contribution < -0.4 is 21.7 Å². The Kier molecular flexibility index (Phi) is 11.7. The van der Waals surface area contributed by atoms with Crippen molar-refractivity contribution in [1.82, 2.24) is 16.0 Å². The van der Waals surface area contributed by atoms with Gasteiger partial charge in [-0.05, 0) is 41.9 Å². The van der Waals surface area contributed by atoms with Crippen molar-refractivity contribution < 1.29 is 29.4 Å². The van der Waals surface area contributed by atoms with Crippen LogP contribution in [0.15, 0.2) is 24.3 Å². The Morgan fingerprint density at radius 2 is 1.26 bits per heavy atom. The maximum Gasteiger partial charge on any atom is 0.326 e. The van der Waals surface area contributed by atoms with E-state index in [2.05, 4.69) is 16.0 Å². The molecule has 0 spiro atoms. The Labute approximate surface area is 207 Å². The van der Waals surface area contributed by atoms with Gasteiger partial charge in [-0.25, -0.2) is 4.79 Å². The van der Waals surface area contributed by atoms with Crippen LogP contribution >= 0.6 is 0 Å². The second kappa shape index (κ2) is 13.7. The summed E-state index contributed by atoms with van der Waals surface area (Å²) in [6.07, 6.45) is 0.464. The number of rotatable bonds is 13. The van der Waals surface area contributed by atoms with Crippen molar-refractivity contribution in [3.8, 4) is 5.75 Å². The number of nitrogens with one attached hydrogen (secondary N) is 3. The highest BCUT2D eigenvalue weighted by molar-refractivity contribution is 5.94. The number of carbonyl (C=O) groups excluding carboxylic acids is 3. The summed E-state index contributed by atoms with van der Waals surface area (Å²) in [5.41, 5.74) is 6.55. The van der Waals surface area contributed by atoms with Crippen LogP contribution in [0.4, 0.5) is 0 Å². The minimum Gasteiger partial charge on any atom is -0.508 e. The van der Waals surface area contributed by atoms with Crippen molar-refractivity contribution in [2.45, 2.75) is 78.6 Å². The number of amides is 3. The summed E-state index contributed by atoms with van der Waals surface area (Å²) in [4.78, 5) is 50.3. The van der Waals surface area contributed by atoms with E-state index < -0.39 is 47.9 Å². The zero-order valence-electron chi connectivity index (χ0n) is 21.4. The van der Waals surface area contributed by atoms with Gasteiger partial charge in [0.1, 0.15) is 23.9 Å². The van der Waals surface area contributed by atoms with Crippen molar-refractivity contribution in [1.29, 1.82) is 0 Å². The van der Waals surface area contributed by atoms with Gasteiger partial charge in [-0.15, -0.1) is 0 Å². The Balaban J connectivity index is 2.94. The van der Waals surface area contributed by atoms with Gasteiger partial charge in [0.25, 0.3) is 0 Å². The number of carboxylic acids is 1. The highest BCUT2D eigenvalue weighted by atomic mass is 16.4. The molecule has 1 aromatic carbocycles. The highest BCUT2D eigenvalue weighted by Gasteiger charge is 2.33. The lowest BCUT2D eigenvalue weighted by atomic mass is 9.98. The lowest BCUT2D eigenvalue weighted by Gasteiger charge is -2.28. The van der Waals surface area contributed by atoms with Crippen molar-refractivity contribution in [3.63, 3.8) is 0 Å². The molecule has 4 unspecified atom stereocenters. The number of carbonyl (C=O) groups is 4. The Morgan fingerprint density at radius 1 is 0.800 bits per heavy atom. The summed E-state index contributed by atoms with van der Waals surface area (Å²) < 4.78 is 0. The standard InChI is InChI=1S/C25H40N4O6/c1-13(2)11-18(26)22(31)28-21(15(5)6)24(33)29-20(14(3)4)23(32)27-19(25(34)35)12-16-7-9-17(30)10-8-16/h7-10,13-15,18-21,30H,11-12,26H2,1-6H3,(H,27,32)(H,28,31)(H,29,33)(H,34,35). The lowest BCUT2D eigenvalue weighted by molar-refractivity contribution is -0.142. The molecule has 0 radical (unpaired) electrons. The van der Waals surface area contributed by atoms with E-state index in [1.165, 1.54) is 12.1 Å². The molecular weight excluding hydrogens is 452 g/mol. The first kappa shape index (κ1) is 29.9. The molecule has 0 aromatic heterocycles. The molecule has 1 aromatic rings. The number of nitrogens with two attached hydrogens (primary N) is 1. The zero-order chi connectivity index (χ0) is 26.9. The molecule has 0 aliphatic carbocycles. The van der Waals surface area contributed by atoms with E-state index in [0.717, 1.165) is 0 Å². The normalized spacial score (nSPS) is 14.8. The third-order valence-electron chi connectivity index (χ3n) is 5.55. The number of hydrogen-bond donors (Lipinski definition) is 6. The fraction of sp³-hybridized carbons (Fsp3) is 0.600. The van der Waals surface area contributed by atoms with Crippen molar-refractivity contribution in [2.75, 3.05) is 0 Å². The van der Waals surface area contributed by atoms with E-state index in [0.29, 0.717) is 12.0 Å². The first-order valence-electron chi connectivity index (χ1n) is 11.9. The molecule has 4 atom stereocenters. The van der Waals surface area contributed by atoms with E-state index in [-0.39, 0.29) is 29.9 Å². The summed E-state index contributed by atoms with van der Waals surface area (Å²) in [6, 6.07) is 2.07. The summed E-state index contributed by atoms with van der Waals surface area (Å²) in [5, 5.41) is 26.9. The fourth-order valence-electron chi connectivity index (χ4n) is 3.52. The Morgan fingerprint density at radius 3 is 1.69 bits per heavy atom. The molecule has 196 valence electrons. The van der Waals surface area contributed by atoms with Gasteiger partial charge in [0.15, 0.2) is 0 Å². The van der Waals surface area contributed by atoms with Gasteiger partial charge in [-0.1, -0.05) is 53.7 Å². The molecule has 0 saturated carbocycles. The monoisotopic (exact) mass is 492 g/mol. The highest BCUT2D eigenvalue weighted by Crippen LogP contribution is 2.13. The summed E-state index contributed by atoms with van der Waals surface area (Å²) in [5.74, 6) is -3.25. The predicted molar refractivity (Wildman–Crippen MR) is 132 cm³/mol. The van der Waals surface area contributed by atoms with Crippen molar-refractivity contribution in [3.05, 3.63) is 29.8 Å². The predicted octanol–water partition coefficient (Wildman–Crippen LogP) is 1.16. The van der Waals surface area contributed by atoms with Crippen LogP contribution in [-0.2, 0) is 25.6 Å². The van der Waals surface area contributed by atoms with E-state index in [1.807, 2.05) is 13.8 Å². The van der Waals surface area contributed by atoms with Crippen LogP contribution in [0.5, 0.6) is 5.75 Å². The average molecular weight is 493 g/mol. The van der Waals surface area contributed by atoms with Crippen molar-refractivity contribution in [2.24, 2.45) is 23.5 Å². The quantitative estimate of drug-likeness (QED) is 0.240. The Bertz CT molecular complexity index is 869. The molecule has 7 N–H and O–H groups in total. The molecule has 0 heterocycles. The van der Waals surface area contributed by atoms with E-state index >= 15 is 0 Å². The molecule has 0 fully saturated rings. The first-order chi connectivity index (χ1) is 16.2. The van der Waals surface area contributed by atoms with Crippen LogP contribution in [0.3, 0.4) is 0 Å². The van der Waals surface area contributed by atoms with Gasteiger partial charge in [-0.3, -0.25) is 14.4 Å². The van der Waals surface area contributed by atoms with Gasteiger partial charge in [0.05, 0.1) is 6.04 Å². The molecule has 35 heavy (non-hydrogen) atoms. The second-order valence-electron chi connectivity index (χ2n) is 9.97. The zero-order valence-corrected chi connectivity index (χ0v) is 21.4. The average Bonchev–Trinajstić information content (AvgIpc) is 2.75. The molecule has 10 heteroatoms. The van der Waals surface area contributed by atoms with Crippen LogP contribution in [0, 0.1) is 17.8 Å². The maximum atomic E-state index is 13.0. The Hall–Kier alpha value is -3.14. The molecule has 3 amide bonds. The SMILES string of the molecule is CC(C)CC(N)C(=O)NC(C(=O)NC(C(=O)NC(Cc1ccc(O)cc1)C(=O)O)C(C)C)C(C)C. The number of hydrogen-bond acceptors (Lipinski definition) is 6. The topological polar surface area (TPSA) is 171 Å². The fourth-order valence-corrected chi connectivity index (χ4v) is 3.52. The molecular formula is C25H40N4O6.